The smallest absolute Gasteiger partial charge is 0.252 e. The fourth-order valence-electron chi connectivity index (χ4n) is 3.73. The Labute approximate surface area is 180 Å². The van der Waals surface area contributed by atoms with E-state index in [0.29, 0.717) is 18.7 Å². The number of nitrogens with zero attached hydrogens (tertiary/aromatic N) is 5. The van der Waals surface area contributed by atoms with Crippen LogP contribution in [0.25, 0.3) is 22.1 Å². The minimum atomic E-state index is -0.0927. The molecule has 0 spiro atoms. The Morgan fingerprint density at radius 3 is 2.74 bits per heavy atom. The third kappa shape index (κ3) is 4.86. The number of aryl methyl sites for hydroxylation is 2. The summed E-state index contributed by atoms with van der Waals surface area (Å²) in [5, 5.41) is 2.96. The molecule has 0 unspecified atom stereocenters. The number of amides is 1. The summed E-state index contributed by atoms with van der Waals surface area (Å²) in [6.45, 7) is 2.11. The Hall–Kier alpha value is -3.39. The average Bonchev–Trinajstić information content (AvgIpc) is 3.17. The lowest BCUT2D eigenvalue weighted by molar-refractivity contribution is 0.0952. The van der Waals surface area contributed by atoms with Gasteiger partial charge < -0.3 is 15.6 Å². The Balaban J connectivity index is 1.46. The van der Waals surface area contributed by atoms with Crippen molar-refractivity contribution in [1.82, 2.24) is 29.8 Å². The van der Waals surface area contributed by atoms with Gasteiger partial charge in [0.25, 0.3) is 5.91 Å². The zero-order valence-electron chi connectivity index (χ0n) is 17.5. The van der Waals surface area contributed by atoms with E-state index in [0.717, 1.165) is 66.5 Å². The molecule has 160 valence electrons. The summed E-state index contributed by atoms with van der Waals surface area (Å²) in [5.74, 6) is 0.952. The number of imidazole rings is 1. The number of nitrogens with one attached hydrogen (secondary N) is 1. The van der Waals surface area contributed by atoms with Crippen molar-refractivity contribution >= 4 is 28.0 Å². The van der Waals surface area contributed by atoms with E-state index in [-0.39, 0.29) is 5.91 Å². The highest BCUT2D eigenvalue weighted by atomic mass is 16.1. The van der Waals surface area contributed by atoms with Crippen molar-refractivity contribution < 1.29 is 4.79 Å². The quantitative estimate of drug-likeness (QED) is 0.384. The van der Waals surface area contributed by atoms with Crippen LogP contribution in [0.1, 0.15) is 41.9 Å². The summed E-state index contributed by atoms with van der Waals surface area (Å²) in [7, 11) is 0. The van der Waals surface area contributed by atoms with E-state index >= 15 is 0 Å². The SMILES string of the molecule is NCCCCc1nc2cnc3cccnc3c2n1CCCCNC(=O)c1cccnc1. The summed E-state index contributed by atoms with van der Waals surface area (Å²) in [4.78, 5) is 30.1. The molecule has 0 saturated heterocycles. The van der Waals surface area contributed by atoms with Crippen molar-refractivity contribution in [3.8, 4) is 0 Å². The topological polar surface area (TPSA) is 112 Å². The molecule has 0 aliphatic rings. The number of hydrogen-bond acceptors (Lipinski definition) is 6. The fraction of sp³-hybridized carbons (Fsp3) is 0.348. The van der Waals surface area contributed by atoms with Gasteiger partial charge in [0.05, 0.1) is 22.8 Å². The maximum absolute atomic E-state index is 12.2. The Bertz CT molecular complexity index is 1160. The average molecular weight is 418 g/mol. The molecule has 0 aliphatic heterocycles. The number of aromatic nitrogens is 5. The van der Waals surface area contributed by atoms with Crippen molar-refractivity contribution in [3.63, 3.8) is 0 Å². The third-order valence-corrected chi connectivity index (χ3v) is 5.28. The van der Waals surface area contributed by atoms with Crippen LogP contribution in [0.15, 0.2) is 49.1 Å². The van der Waals surface area contributed by atoms with Crippen molar-refractivity contribution in [1.29, 1.82) is 0 Å². The summed E-state index contributed by atoms with van der Waals surface area (Å²) in [6.07, 6.45) is 11.5. The van der Waals surface area contributed by atoms with Gasteiger partial charge in [-0.1, -0.05) is 0 Å². The van der Waals surface area contributed by atoms with Crippen LogP contribution in [-0.4, -0.2) is 43.5 Å². The first-order valence-corrected chi connectivity index (χ1v) is 10.7. The number of rotatable bonds is 10. The molecule has 4 aromatic heterocycles. The zero-order valence-corrected chi connectivity index (χ0v) is 17.5. The number of carbonyl (C=O) groups excluding carboxylic acids is 1. The van der Waals surface area contributed by atoms with Crippen LogP contribution in [0.5, 0.6) is 0 Å². The lowest BCUT2D eigenvalue weighted by atomic mass is 10.2. The molecule has 0 radical (unpaired) electrons. The highest BCUT2D eigenvalue weighted by molar-refractivity contribution is 5.99. The Morgan fingerprint density at radius 2 is 1.90 bits per heavy atom. The van der Waals surface area contributed by atoms with Crippen LogP contribution < -0.4 is 11.1 Å². The number of fused-ring (bicyclic) bond motifs is 3. The van der Waals surface area contributed by atoms with Crippen molar-refractivity contribution in [3.05, 3.63) is 60.4 Å². The van der Waals surface area contributed by atoms with Gasteiger partial charge in [-0.15, -0.1) is 0 Å². The molecule has 0 fully saturated rings. The van der Waals surface area contributed by atoms with Gasteiger partial charge in [-0.2, -0.15) is 0 Å². The van der Waals surface area contributed by atoms with Gasteiger partial charge in [0, 0.05) is 38.1 Å². The normalized spacial score (nSPS) is 11.3. The van der Waals surface area contributed by atoms with Gasteiger partial charge in [-0.25, -0.2) is 4.98 Å². The van der Waals surface area contributed by atoms with Gasteiger partial charge in [0.1, 0.15) is 16.9 Å². The zero-order chi connectivity index (χ0) is 21.5. The summed E-state index contributed by atoms with van der Waals surface area (Å²) >= 11 is 0. The highest BCUT2D eigenvalue weighted by Crippen LogP contribution is 2.24. The van der Waals surface area contributed by atoms with Crippen molar-refractivity contribution in [2.45, 2.75) is 38.6 Å². The van der Waals surface area contributed by atoms with Crippen molar-refractivity contribution in [2.24, 2.45) is 5.73 Å². The number of unbranched alkanes of at least 4 members (excludes halogenated alkanes) is 2. The van der Waals surface area contributed by atoms with Crippen LogP contribution in [0.2, 0.25) is 0 Å². The molecule has 0 bridgehead atoms. The molecule has 1 amide bonds. The van der Waals surface area contributed by atoms with Crippen LogP contribution in [0.4, 0.5) is 0 Å². The minimum absolute atomic E-state index is 0.0927. The monoisotopic (exact) mass is 417 g/mol. The first-order valence-electron chi connectivity index (χ1n) is 10.7. The summed E-state index contributed by atoms with van der Waals surface area (Å²) in [5.41, 5.74) is 9.91. The maximum Gasteiger partial charge on any atom is 0.252 e. The molecule has 0 aliphatic carbocycles. The molecule has 8 heteroatoms. The van der Waals surface area contributed by atoms with Gasteiger partial charge in [0.2, 0.25) is 0 Å². The molecule has 8 nitrogen and oxygen atoms in total. The largest absolute Gasteiger partial charge is 0.352 e. The second kappa shape index (κ2) is 10.1. The number of pyridine rings is 3. The molecule has 0 saturated carbocycles. The molecule has 0 aromatic carbocycles. The van der Waals surface area contributed by atoms with Gasteiger partial charge >= 0.3 is 0 Å². The van der Waals surface area contributed by atoms with E-state index in [1.807, 2.05) is 18.3 Å². The summed E-state index contributed by atoms with van der Waals surface area (Å²) < 4.78 is 2.27. The van der Waals surface area contributed by atoms with E-state index in [1.165, 1.54) is 0 Å². The second-order valence-corrected chi connectivity index (χ2v) is 7.49. The van der Waals surface area contributed by atoms with Gasteiger partial charge in [-0.3, -0.25) is 19.7 Å². The summed E-state index contributed by atoms with van der Waals surface area (Å²) in [6, 6.07) is 7.40. The molecular formula is C23H27N7O. The van der Waals surface area contributed by atoms with E-state index in [1.54, 1.807) is 30.7 Å². The minimum Gasteiger partial charge on any atom is -0.352 e. The predicted molar refractivity (Wildman–Crippen MR) is 121 cm³/mol. The number of carbonyl (C=O) groups is 1. The predicted octanol–water partition coefficient (Wildman–Crippen LogP) is 2.87. The molecular weight excluding hydrogens is 390 g/mol. The lowest BCUT2D eigenvalue weighted by Crippen LogP contribution is -2.24. The van der Waals surface area contributed by atoms with Crippen LogP contribution in [0, 0.1) is 0 Å². The van der Waals surface area contributed by atoms with Gasteiger partial charge in [0.15, 0.2) is 0 Å². The first-order chi connectivity index (χ1) is 15.3. The fourth-order valence-corrected chi connectivity index (χ4v) is 3.73. The maximum atomic E-state index is 12.2. The third-order valence-electron chi connectivity index (χ3n) is 5.28. The van der Waals surface area contributed by atoms with E-state index in [4.69, 9.17) is 10.7 Å². The van der Waals surface area contributed by atoms with E-state index < -0.39 is 0 Å². The van der Waals surface area contributed by atoms with Crippen LogP contribution in [0.3, 0.4) is 0 Å². The molecule has 4 rings (SSSR count). The van der Waals surface area contributed by atoms with E-state index in [9.17, 15) is 4.79 Å². The first kappa shape index (κ1) is 20.9. The molecule has 3 N–H and O–H groups in total. The molecule has 4 heterocycles. The van der Waals surface area contributed by atoms with Crippen LogP contribution >= 0.6 is 0 Å². The Kier molecular flexibility index (Phi) is 6.78. The van der Waals surface area contributed by atoms with Gasteiger partial charge in [-0.05, 0) is 56.5 Å². The second-order valence-electron chi connectivity index (χ2n) is 7.49. The lowest BCUT2D eigenvalue weighted by Gasteiger charge is -2.11. The van der Waals surface area contributed by atoms with E-state index in [2.05, 4.69) is 24.8 Å². The molecule has 4 aromatic rings. The molecule has 31 heavy (non-hydrogen) atoms. The standard InChI is InChI=1S/C23H27N7O/c24-10-2-1-9-20-29-19-16-28-18-8-6-13-26-21(18)22(19)30(20)14-4-3-12-27-23(31)17-7-5-11-25-15-17/h5-8,11,13,15-16H,1-4,9-10,12,14,24H2,(H,27,31). The highest BCUT2D eigenvalue weighted by Gasteiger charge is 2.15. The molecule has 0 atom stereocenters. The van der Waals surface area contributed by atoms with Crippen LogP contribution in [-0.2, 0) is 13.0 Å². The van der Waals surface area contributed by atoms with Crippen molar-refractivity contribution in [2.75, 3.05) is 13.1 Å². The Morgan fingerprint density at radius 1 is 1.00 bits per heavy atom. The number of hydrogen-bond donors (Lipinski definition) is 2. The number of nitrogens with two attached hydrogens (primary N) is 1.